The van der Waals surface area contributed by atoms with Gasteiger partial charge in [-0.05, 0) is 36.8 Å². The lowest BCUT2D eigenvalue weighted by molar-refractivity contribution is 0.734. The molecule has 1 aromatic carbocycles. The third kappa shape index (κ3) is 5.27. The molecule has 0 spiro atoms. The first-order valence-corrected chi connectivity index (χ1v) is 11.8. The Balaban J connectivity index is 0.000000660. The van der Waals surface area contributed by atoms with Gasteiger partial charge in [-0.25, -0.2) is 4.98 Å². The molecular weight excluding hydrogens is 384 g/mol. The molecule has 1 aliphatic rings. The van der Waals surface area contributed by atoms with Crippen LogP contribution in [0.3, 0.4) is 0 Å². The summed E-state index contributed by atoms with van der Waals surface area (Å²) in [5.74, 6) is 0.713. The minimum Gasteiger partial charge on any atom is -0.380 e. The van der Waals surface area contributed by atoms with Crippen molar-refractivity contribution in [1.29, 1.82) is 0 Å². The van der Waals surface area contributed by atoms with Crippen molar-refractivity contribution in [3.05, 3.63) is 57.6 Å². The lowest BCUT2D eigenvalue weighted by Crippen LogP contribution is -1.99. The van der Waals surface area contributed by atoms with Gasteiger partial charge >= 0.3 is 0 Å². The van der Waals surface area contributed by atoms with Crippen molar-refractivity contribution < 1.29 is 0 Å². The molecule has 3 aromatic rings. The Hall–Kier alpha value is -1.58. The summed E-state index contributed by atoms with van der Waals surface area (Å²) < 4.78 is 1.25. The fourth-order valence-corrected chi connectivity index (χ4v) is 5.27. The number of nitrogens with one attached hydrogen (secondary N) is 1. The number of anilines is 1. The fraction of sp³-hybridized carbons (Fsp3) is 0.458. The minimum absolute atomic E-state index is 0.567. The molecule has 0 atom stereocenters. The Kier molecular flexibility index (Phi) is 9.27. The molecule has 4 heteroatoms. The number of halogens is 1. The summed E-state index contributed by atoms with van der Waals surface area (Å²) in [4.78, 5) is 6.13. The van der Waals surface area contributed by atoms with Gasteiger partial charge in [0, 0.05) is 17.5 Å². The molecule has 2 heterocycles. The number of hydrogen-bond donors (Lipinski definition) is 1. The van der Waals surface area contributed by atoms with E-state index in [1.807, 2.05) is 51.2 Å². The van der Waals surface area contributed by atoms with Crippen LogP contribution in [-0.2, 0) is 6.54 Å². The standard InChI is InChI=1S/C20H21ClN2S.2C2H6/c1-13-18-20(24-19(13)15-9-5-6-10-15)16(11-17(21)23-18)22-12-14-7-3-2-4-8-14;2*1-2/h2-4,7-8,11,15H,5-6,9-10,12H2,1H3,(H,22,23);2*1-2H3. The number of aromatic nitrogens is 1. The maximum Gasteiger partial charge on any atom is 0.131 e. The zero-order chi connectivity index (χ0) is 20.5. The van der Waals surface area contributed by atoms with Crippen molar-refractivity contribution in [2.45, 2.75) is 72.8 Å². The van der Waals surface area contributed by atoms with Gasteiger partial charge in [0.1, 0.15) is 5.15 Å². The molecule has 2 nitrogen and oxygen atoms in total. The lowest BCUT2D eigenvalue weighted by atomic mass is 10.0. The summed E-state index contributed by atoms with van der Waals surface area (Å²) in [7, 11) is 0. The van der Waals surface area contributed by atoms with E-state index in [-0.39, 0.29) is 0 Å². The van der Waals surface area contributed by atoms with Gasteiger partial charge < -0.3 is 5.32 Å². The second-order valence-corrected chi connectivity index (χ2v) is 8.02. The number of fused-ring (bicyclic) bond motifs is 1. The molecular formula is C24H33ClN2S. The molecule has 1 aliphatic carbocycles. The summed E-state index contributed by atoms with van der Waals surface area (Å²) in [5.41, 5.74) is 4.77. The molecule has 0 bridgehead atoms. The van der Waals surface area contributed by atoms with Gasteiger partial charge in [0.15, 0.2) is 0 Å². The summed E-state index contributed by atoms with van der Waals surface area (Å²) in [6.07, 6.45) is 5.33. The summed E-state index contributed by atoms with van der Waals surface area (Å²) in [5, 5.41) is 4.13. The largest absolute Gasteiger partial charge is 0.380 e. The van der Waals surface area contributed by atoms with Gasteiger partial charge in [-0.15, -0.1) is 11.3 Å². The first-order chi connectivity index (χ1) is 13.7. The molecule has 1 saturated carbocycles. The second-order valence-electron chi connectivity index (χ2n) is 6.58. The Morgan fingerprint density at radius 3 is 2.36 bits per heavy atom. The second kappa shape index (κ2) is 11.4. The average molecular weight is 417 g/mol. The van der Waals surface area contributed by atoms with Crippen LogP contribution in [0, 0.1) is 6.92 Å². The first-order valence-electron chi connectivity index (χ1n) is 10.6. The summed E-state index contributed by atoms with van der Waals surface area (Å²) in [6, 6.07) is 12.4. The van der Waals surface area contributed by atoms with Crippen molar-refractivity contribution >= 4 is 38.8 Å². The number of rotatable bonds is 4. The SMILES string of the molecule is CC.CC.Cc1c(C2CCCC2)sc2c(NCc3ccccc3)cc(Cl)nc12. The molecule has 2 aromatic heterocycles. The molecule has 0 radical (unpaired) electrons. The predicted octanol–water partition coefficient (Wildman–Crippen LogP) is 8.58. The number of pyridine rings is 1. The highest BCUT2D eigenvalue weighted by atomic mass is 35.5. The molecule has 152 valence electrons. The predicted molar refractivity (Wildman–Crippen MR) is 127 cm³/mol. The van der Waals surface area contributed by atoms with E-state index in [0.29, 0.717) is 11.1 Å². The smallest absolute Gasteiger partial charge is 0.131 e. The highest BCUT2D eigenvalue weighted by Gasteiger charge is 2.23. The maximum atomic E-state index is 6.30. The van der Waals surface area contributed by atoms with Crippen molar-refractivity contribution in [1.82, 2.24) is 4.98 Å². The van der Waals surface area contributed by atoms with E-state index in [4.69, 9.17) is 11.6 Å². The zero-order valence-electron chi connectivity index (χ0n) is 17.8. The Bertz CT molecular complexity index is 852. The van der Waals surface area contributed by atoms with Crippen LogP contribution in [0.5, 0.6) is 0 Å². The van der Waals surface area contributed by atoms with Crippen LogP contribution in [0.4, 0.5) is 5.69 Å². The van der Waals surface area contributed by atoms with Crippen LogP contribution < -0.4 is 5.32 Å². The topological polar surface area (TPSA) is 24.9 Å². The fourth-order valence-electron chi connectivity index (χ4n) is 3.66. The van der Waals surface area contributed by atoms with E-state index in [9.17, 15) is 0 Å². The van der Waals surface area contributed by atoms with Crippen molar-refractivity contribution in [3.63, 3.8) is 0 Å². The Morgan fingerprint density at radius 2 is 1.71 bits per heavy atom. The molecule has 0 unspecified atom stereocenters. The third-order valence-electron chi connectivity index (χ3n) is 4.93. The molecule has 4 rings (SSSR count). The van der Waals surface area contributed by atoms with Crippen LogP contribution in [0.15, 0.2) is 36.4 Å². The Labute approximate surface area is 179 Å². The summed E-state index contributed by atoms with van der Waals surface area (Å²) >= 11 is 8.21. The van der Waals surface area contributed by atoms with Gasteiger partial charge in [-0.1, -0.05) is 82.5 Å². The van der Waals surface area contributed by atoms with Crippen molar-refractivity contribution in [2.75, 3.05) is 5.32 Å². The Morgan fingerprint density at radius 1 is 1.07 bits per heavy atom. The highest BCUT2D eigenvalue weighted by molar-refractivity contribution is 7.20. The van der Waals surface area contributed by atoms with Gasteiger partial charge in [0.2, 0.25) is 0 Å². The highest BCUT2D eigenvalue weighted by Crippen LogP contribution is 2.44. The van der Waals surface area contributed by atoms with Gasteiger partial charge in [0.25, 0.3) is 0 Å². The first kappa shape index (κ1) is 22.7. The molecule has 0 amide bonds. The molecule has 28 heavy (non-hydrogen) atoms. The molecule has 1 fully saturated rings. The van der Waals surface area contributed by atoms with Gasteiger partial charge in [0.05, 0.1) is 15.9 Å². The van der Waals surface area contributed by atoms with E-state index in [0.717, 1.165) is 17.7 Å². The number of hydrogen-bond acceptors (Lipinski definition) is 3. The average Bonchev–Trinajstić information content (AvgIpc) is 3.39. The van der Waals surface area contributed by atoms with Crippen LogP contribution in [0.2, 0.25) is 5.15 Å². The van der Waals surface area contributed by atoms with E-state index in [2.05, 4.69) is 41.5 Å². The van der Waals surface area contributed by atoms with E-state index in [1.54, 1.807) is 0 Å². The van der Waals surface area contributed by atoms with Crippen LogP contribution in [0.25, 0.3) is 10.2 Å². The number of nitrogens with zero attached hydrogens (tertiary/aromatic N) is 1. The molecule has 0 aliphatic heterocycles. The van der Waals surface area contributed by atoms with Crippen LogP contribution in [-0.4, -0.2) is 4.98 Å². The zero-order valence-corrected chi connectivity index (χ0v) is 19.4. The number of benzene rings is 1. The van der Waals surface area contributed by atoms with E-state index in [1.165, 1.54) is 46.4 Å². The van der Waals surface area contributed by atoms with Crippen LogP contribution in [0.1, 0.15) is 75.3 Å². The van der Waals surface area contributed by atoms with E-state index < -0.39 is 0 Å². The van der Waals surface area contributed by atoms with Crippen LogP contribution >= 0.6 is 22.9 Å². The van der Waals surface area contributed by atoms with Crippen molar-refractivity contribution in [2.24, 2.45) is 0 Å². The quantitative estimate of drug-likeness (QED) is 0.430. The summed E-state index contributed by atoms with van der Waals surface area (Å²) in [6.45, 7) is 11.0. The minimum atomic E-state index is 0.567. The normalized spacial score (nSPS) is 13.5. The third-order valence-corrected chi connectivity index (χ3v) is 6.60. The van der Waals surface area contributed by atoms with Crippen molar-refractivity contribution in [3.8, 4) is 0 Å². The monoisotopic (exact) mass is 416 g/mol. The van der Waals surface area contributed by atoms with E-state index >= 15 is 0 Å². The molecule has 1 N–H and O–H groups in total. The van der Waals surface area contributed by atoms with Gasteiger partial charge in [-0.3, -0.25) is 0 Å². The molecule has 0 saturated heterocycles. The maximum absolute atomic E-state index is 6.30. The number of aryl methyl sites for hydroxylation is 1. The van der Waals surface area contributed by atoms with Gasteiger partial charge in [-0.2, -0.15) is 0 Å². The lowest BCUT2D eigenvalue weighted by Gasteiger charge is -2.08. The number of thiophene rings is 1.